The third-order valence-corrected chi connectivity index (χ3v) is 1.53. The molecule has 0 aliphatic rings. The Morgan fingerprint density at radius 2 is 1.75 bits per heavy atom. The van der Waals surface area contributed by atoms with Crippen LogP contribution in [0.4, 0.5) is 0 Å². The van der Waals surface area contributed by atoms with Gasteiger partial charge in [-0.25, -0.2) is 0 Å². The molecule has 0 saturated heterocycles. The van der Waals surface area contributed by atoms with E-state index in [9.17, 15) is 0 Å². The number of rotatable bonds is 6. The third kappa shape index (κ3) is 9.92. The third-order valence-electron chi connectivity index (χ3n) is 1.53. The summed E-state index contributed by atoms with van der Waals surface area (Å²) in [6.07, 6.45) is 3.47. The van der Waals surface area contributed by atoms with Crippen molar-refractivity contribution in [2.45, 2.75) is 40.0 Å². The number of hydrogen-bond donors (Lipinski definition) is 1. The summed E-state index contributed by atoms with van der Waals surface area (Å²) < 4.78 is 5.50. The quantitative estimate of drug-likeness (QED) is 0.625. The predicted octanol–water partition coefficient (Wildman–Crippen LogP) is 2.18. The van der Waals surface area contributed by atoms with Crippen molar-refractivity contribution in [3.05, 3.63) is 0 Å². The molecular formula is C10H23NO. The molecule has 0 aliphatic heterocycles. The first-order valence-corrected chi connectivity index (χ1v) is 4.84. The Bertz CT molecular complexity index is 96.5. The van der Waals surface area contributed by atoms with Gasteiger partial charge in [-0.3, -0.25) is 0 Å². The summed E-state index contributed by atoms with van der Waals surface area (Å²) in [5.74, 6) is 0. The Kier molecular flexibility index (Phi) is 6.39. The molecule has 0 rings (SSSR count). The fourth-order valence-corrected chi connectivity index (χ4v) is 0.904. The molecule has 0 aromatic heterocycles. The second kappa shape index (κ2) is 6.44. The molecule has 2 heteroatoms. The van der Waals surface area contributed by atoms with Crippen LogP contribution in [0.1, 0.15) is 40.0 Å². The maximum absolute atomic E-state index is 5.50. The molecule has 0 heterocycles. The lowest BCUT2D eigenvalue weighted by Crippen LogP contribution is -2.15. The summed E-state index contributed by atoms with van der Waals surface area (Å²) in [6, 6.07) is 0. The van der Waals surface area contributed by atoms with Gasteiger partial charge in [0, 0.05) is 6.61 Å². The highest BCUT2D eigenvalue weighted by Crippen LogP contribution is 2.12. The van der Waals surface area contributed by atoms with Gasteiger partial charge < -0.3 is 10.5 Å². The first kappa shape index (κ1) is 11.9. The van der Waals surface area contributed by atoms with Crippen LogP contribution in [0.3, 0.4) is 0 Å². The van der Waals surface area contributed by atoms with E-state index >= 15 is 0 Å². The van der Waals surface area contributed by atoms with Crippen molar-refractivity contribution in [1.82, 2.24) is 0 Å². The lowest BCUT2D eigenvalue weighted by Gasteiger charge is -2.17. The summed E-state index contributed by atoms with van der Waals surface area (Å²) in [4.78, 5) is 0. The molecule has 0 unspecified atom stereocenters. The van der Waals surface area contributed by atoms with Gasteiger partial charge in [-0.15, -0.1) is 0 Å². The van der Waals surface area contributed by atoms with Crippen molar-refractivity contribution in [3.8, 4) is 0 Å². The van der Waals surface area contributed by atoms with Crippen LogP contribution in [0.5, 0.6) is 0 Å². The van der Waals surface area contributed by atoms with Crippen LogP contribution in [0.2, 0.25) is 0 Å². The monoisotopic (exact) mass is 173 g/mol. The summed E-state index contributed by atoms with van der Waals surface area (Å²) in [5.41, 5.74) is 5.67. The Balaban J connectivity index is 3.01. The van der Waals surface area contributed by atoms with Crippen molar-refractivity contribution < 1.29 is 4.74 Å². The minimum Gasteiger partial charge on any atom is -0.381 e. The Morgan fingerprint density at radius 3 is 2.25 bits per heavy atom. The minimum atomic E-state index is 0.299. The van der Waals surface area contributed by atoms with Crippen molar-refractivity contribution in [3.63, 3.8) is 0 Å². The first-order valence-electron chi connectivity index (χ1n) is 4.84. The van der Waals surface area contributed by atoms with Crippen LogP contribution in [0, 0.1) is 5.41 Å². The SMILES string of the molecule is CC(C)(C)COCCCCCN. The predicted molar refractivity (Wildman–Crippen MR) is 53.2 cm³/mol. The molecule has 0 atom stereocenters. The smallest absolute Gasteiger partial charge is 0.0514 e. The van der Waals surface area contributed by atoms with Crippen LogP contribution < -0.4 is 5.73 Å². The van der Waals surface area contributed by atoms with Crippen LogP contribution >= 0.6 is 0 Å². The lowest BCUT2D eigenvalue weighted by atomic mass is 9.99. The fraction of sp³-hybridized carbons (Fsp3) is 1.00. The minimum absolute atomic E-state index is 0.299. The maximum Gasteiger partial charge on any atom is 0.0514 e. The number of unbranched alkanes of at least 4 members (excludes halogenated alkanes) is 2. The molecule has 0 fully saturated rings. The highest BCUT2D eigenvalue weighted by molar-refractivity contribution is 4.58. The Labute approximate surface area is 76.5 Å². The average molecular weight is 173 g/mol. The van der Waals surface area contributed by atoms with Gasteiger partial charge in [0.05, 0.1) is 6.61 Å². The lowest BCUT2D eigenvalue weighted by molar-refractivity contribution is 0.0687. The van der Waals surface area contributed by atoms with Crippen molar-refractivity contribution in [1.29, 1.82) is 0 Å². The summed E-state index contributed by atoms with van der Waals surface area (Å²) in [5, 5.41) is 0. The van der Waals surface area contributed by atoms with Crippen molar-refractivity contribution in [2.24, 2.45) is 11.1 Å². The summed E-state index contributed by atoms with van der Waals surface area (Å²) in [6.45, 7) is 9.11. The highest BCUT2D eigenvalue weighted by atomic mass is 16.5. The molecule has 0 amide bonds. The van der Waals surface area contributed by atoms with E-state index in [1.807, 2.05) is 0 Å². The van der Waals surface area contributed by atoms with Gasteiger partial charge in [0.15, 0.2) is 0 Å². The molecule has 0 saturated carbocycles. The molecule has 12 heavy (non-hydrogen) atoms. The zero-order valence-electron chi connectivity index (χ0n) is 8.73. The van der Waals surface area contributed by atoms with E-state index in [-0.39, 0.29) is 0 Å². The van der Waals surface area contributed by atoms with E-state index < -0.39 is 0 Å². The Hall–Kier alpha value is -0.0800. The van der Waals surface area contributed by atoms with Gasteiger partial charge >= 0.3 is 0 Å². The maximum atomic E-state index is 5.50. The van der Waals surface area contributed by atoms with Gasteiger partial charge in [-0.05, 0) is 31.2 Å². The molecule has 2 nitrogen and oxygen atoms in total. The molecule has 0 aliphatic carbocycles. The number of nitrogens with two attached hydrogens (primary N) is 1. The average Bonchev–Trinajstić information content (AvgIpc) is 1.94. The molecule has 0 bridgehead atoms. The second-order valence-electron chi connectivity index (χ2n) is 4.46. The van der Waals surface area contributed by atoms with Crippen molar-refractivity contribution >= 4 is 0 Å². The standard InChI is InChI=1S/C10H23NO/c1-10(2,3)9-12-8-6-4-5-7-11/h4-9,11H2,1-3H3. The largest absolute Gasteiger partial charge is 0.381 e. The second-order valence-corrected chi connectivity index (χ2v) is 4.46. The number of ether oxygens (including phenoxy) is 1. The summed E-state index contributed by atoms with van der Waals surface area (Å²) in [7, 11) is 0. The van der Waals surface area contributed by atoms with Gasteiger partial charge in [0.1, 0.15) is 0 Å². The molecule has 0 spiro atoms. The van der Waals surface area contributed by atoms with Gasteiger partial charge in [0.2, 0.25) is 0 Å². The van der Waals surface area contributed by atoms with Gasteiger partial charge in [0.25, 0.3) is 0 Å². The van der Waals surface area contributed by atoms with E-state index in [1.165, 1.54) is 6.42 Å². The highest BCUT2D eigenvalue weighted by Gasteiger charge is 2.08. The zero-order valence-corrected chi connectivity index (χ0v) is 8.73. The number of hydrogen-bond acceptors (Lipinski definition) is 2. The van der Waals surface area contributed by atoms with Crippen LogP contribution in [0.15, 0.2) is 0 Å². The van der Waals surface area contributed by atoms with Gasteiger partial charge in [-0.1, -0.05) is 20.8 Å². The normalized spacial score (nSPS) is 12.0. The molecule has 0 radical (unpaired) electrons. The molecule has 74 valence electrons. The fourth-order valence-electron chi connectivity index (χ4n) is 0.904. The molecular weight excluding hydrogens is 150 g/mol. The van der Waals surface area contributed by atoms with Crippen molar-refractivity contribution in [2.75, 3.05) is 19.8 Å². The van der Waals surface area contributed by atoms with Crippen LogP contribution in [0.25, 0.3) is 0 Å². The van der Waals surface area contributed by atoms with E-state index in [4.69, 9.17) is 10.5 Å². The van der Waals surface area contributed by atoms with E-state index in [1.54, 1.807) is 0 Å². The topological polar surface area (TPSA) is 35.2 Å². The van der Waals surface area contributed by atoms with E-state index in [0.717, 1.165) is 32.6 Å². The van der Waals surface area contributed by atoms with Crippen LogP contribution in [-0.4, -0.2) is 19.8 Å². The van der Waals surface area contributed by atoms with Crippen LogP contribution in [-0.2, 0) is 4.74 Å². The van der Waals surface area contributed by atoms with E-state index in [0.29, 0.717) is 5.41 Å². The Morgan fingerprint density at radius 1 is 1.08 bits per heavy atom. The molecule has 0 aromatic rings. The molecule has 0 aromatic carbocycles. The van der Waals surface area contributed by atoms with E-state index in [2.05, 4.69) is 20.8 Å². The van der Waals surface area contributed by atoms with Gasteiger partial charge in [-0.2, -0.15) is 0 Å². The molecule has 2 N–H and O–H groups in total. The zero-order chi connectivity index (χ0) is 9.45. The summed E-state index contributed by atoms with van der Waals surface area (Å²) >= 11 is 0. The first-order chi connectivity index (χ1) is 5.56.